The summed E-state index contributed by atoms with van der Waals surface area (Å²) in [6.45, 7) is 2.73. The van der Waals surface area contributed by atoms with Crippen LogP contribution in [0.1, 0.15) is 31.4 Å². The summed E-state index contributed by atoms with van der Waals surface area (Å²) in [5.74, 6) is -0.0915. The number of nitrogens with one attached hydrogen (secondary N) is 1. The molecule has 1 aliphatic heterocycles. The molecule has 1 atom stereocenters. The average Bonchev–Trinajstić information content (AvgIpc) is 2.48. The van der Waals surface area contributed by atoms with Crippen molar-refractivity contribution in [3.05, 3.63) is 40.4 Å². The molecule has 104 valence electrons. The van der Waals surface area contributed by atoms with E-state index in [0.29, 0.717) is 23.9 Å². The number of amides is 1. The van der Waals surface area contributed by atoms with Gasteiger partial charge < -0.3 is 5.32 Å². The molecule has 1 fully saturated rings. The van der Waals surface area contributed by atoms with Gasteiger partial charge in [0.15, 0.2) is 0 Å². The van der Waals surface area contributed by atoms with Gasteiger partial charge in [0.2, 0.25) is 5.91 Å². The van der Waals surface area contributed by atoms with Crippen LogP contribution in [-0.2, 0) is 11.2 Å². The molecule has 2 heterocycles. The third-order valence-electron chi connectivity index (χ3n) is 3.85. The molecule has 1 N–H and O–H groups in total. The van der Waals surface area contributed by atoms with Crippen LogP contribution in [0.3, 0.4) is 0 Å². The Balaban J connectivity index is 2.14. The van der Waals surface area contributed by atoms with Crippen molar-refractivity contribution in [3.63, 3.8) is 0 Å². The number of aryl methyl sites for hydroxylation is 1. The largest absolute Gasteiger partial charge is 0.354 e. The van der Waals surface area contributed by atoms with Gasteiger partial charge in [0, 0.05) is 6.54 Å². The van der Waals surface area contributed by atoms with E-state index < -0.39 is 6.04 Å². The van der Waals surface area contributed by atoms with Gasteiger partial charge in [-0.2, -0.15) is 0 Å². The van der Waals surface area contributed by atoms with Crippen LogP contribution in [0.4, 0.5) is 0 Å². The lowest BCUT2D eigenvalue weighted by atomic mass is 10.1. The molecule has 1 saturated heterocycles. The van der Waals surface area contributed by atoms with Gasteiger partial charge in [0.1, 0.15) is 6.04 Å². The lowest BCUT2D eigenvalue weighted by molar-refractivity contribution is -0.125. The fraction of sp³-hybridized carbons (Fsp3) is 0.400. The van der Waals surface area contributed by atoms with E-state index in [1.54, 1.807) is 0 Å². The SMILES string of the molecule is CCc1ccc2ncn([C@@H]3CCCNC3=O)c(=O)c2c1. The van der Waals surface area contributed by atoms with E-state index in [2.05, 4.69) is 10.3 Å². The third kappa shape index (κ3) is 2.09. The van der Waals surface area contributed by atoms with Gasteiger partial charge >= 0.3 is 0 Å². The van der Waals surface area contributed by atoms with E-state index >= 15 is 0 Å². The fourth-order valence-electron chi connectivity index (χ4n) is 2.65. The molecule has 5 nitrogen and oxygen atoms in total. The summed E-state index contributed by atoms with van der Waals surface area (Å²) in [6, 6.07) is 5.29. The normalized spacial score (nSPS) is 19.1. The van der Waals surface area contributed by atoms with Gasteiger partial charge in [0.25, 0.3) is 5.56 Å². The van der Waals surface area contributed by atoms with E-state index in [1.165, 1.54) is 10.9 Å². The van der Waals surface area contributed by atoms with Crippen LogP contribution in [0, 0.1) is 0 Å². The Morgan fingerprint density at radius 1 is 1.40 bits per heavy atom. The van der Waals surface area contributed by atoms with Crippen LogP contribution in [0.25, 0.3) is 10.9 Å². The predicted molar refractivity (Wildman–Crippen MR) is 76.7 cm³/mol. The van der Waals surface area contributed by atoms with E-state index in [0.717, 1.165) is 18.4 Å². The Labute approximate surface area is 116 Å². The van der Waals surface area contributed by atoms with E-state index in [9.17, 15) is 9.59 Å². The van der Waals surface area contributed by atoms with E-state index in [4.69, 9.17) is 0 Å². The molecule has 0 unspecified atom stereocenters. The van der Waals surface area contributed by atoms with Gasteiger partial charge in [-0.25, -0.2) is 4.98 Å². The Morgan fingerprint density at radius 2 is 2.25 bits per heavy atom. The zero-order valence-corrected chi connectivity index (χ0v) is 11.4. The quantitative estimate of drug-likeness (QED) is 0.898. The highest BCUT2D eigenvalue weighted by atomic mass is 16.2. The maximum atomic E-state index is 12.6. The molecule has 3 rings (SSSR count). The molecule has 1 amide bonds. The van der Waals surface area contributed by atoms with Crippen molar-refractivity contribution in [2.24, 2.45) is 0 Å². The van der Waals surface area contributed by atoms with Crippen LogP contribution in [0.15, 0.2) is 29.3 Å². The van der Waals surface area contributed by atoms with Crippen molar-refractivity contribution in [2.75, 3.05) is 6.54 Å². The van der Waals surface area contributed by atoms with Crippen LogP contribution < -0.4 is 10.9 Å². The highest BCUT2D eigenvalue weighted by molar-refractivity contribution is 5.82. The highest BCUT2D eigenvalue weighted by Crippen LogP contribution is 2.17. The number of benzene rings is 1. The zero-order valence-electron chi connectivity index (χ0n) is 11.4. The molecule has 1 aromatic carbocycles. The number of rotatable bonds is 2. The first-order chi connectivity index (χ1) is 9.70. The topological polar surface area (TPSA) is 64.0 Å². The number of carbonyl (C=O) groups excluding carboxylic acids is 1. The van der Waals surface area contributed by atoms with E-state index in [-0.39, 0.29) is 11.5 Å². The number of hydrogen-bond donors (Lipinski definition) is 1. The molecule has 0 radical (unpaired) electrons. The fourth-order valence-corrected chi connectivity index (χ4v) is 2.65. The Hall–Kier alpha value is -2.17. The van der Waals surface area contributed by atoms with Gasteiger partial charge in [-0.3, -0.25) is 14.2 Å². The van der Waals surface area contributed by atoms with Crippen LogP contribution in [0.2, 0.25) is 0 Å². The standard InChI is InChI=1S/C15H17N3O2/c1-2-10-5-6-12-11(8-10)15(20)18(9-17-12)13-4-3-7-16-14(13)19/h5-6,8-9,13H,2-4,7H2,1H3,(H,16,19)/t13-/m1/s1. The summed E-state index contributed by atoms with van der Waals surface area (Å²) in [5.41, 5.74) is 1.65. The minimum atomic E-state index is -0.432. The molecule has 1 aliphatic rings. The van der Waals surface area contributed by atoms with Crippen molar-refractivity contribution in [2.45, 2.75) is 32.2 Å². The average molecular weight is 271 g/mol. The number of fused-ring (bicyclic) bond motifs is 1. The number of aromatic nitrogens is 2. The summed E-state index contributed by atoms with van der Waals surface area (Å²) in [6.07, 6.45) is 3.93. The molecule has 5 heteroatoms. The minimum absolute atomic E-state index is 0.0915. The van der Waals surface area contributed by atoms with Gasteiger partial charge in [-0.15, -0.1) is 0 Å². The maximum absolute atomic E-state index is 12.6. The molecule has 0 bridgehead atoms. The molecular formula is C15H17N3O2. The van der Waals surface area contributed by atoms with Gasteiger partial charge in [0.05, 0.1) is 17.2 Å². The molecule has 1 aromatic heterocycles. The van der Waals surface area contributed by atoms with Crippen LogP contribution >= 0.6 is 0 Å². The first kappa shape index (κ1) is 12.8. The van der Waals surface area contributed by atoms with E-state index in [1.807, 2.05) is 25.1 Å². The lowest BCUT2D eigenvalue weighted by Crippen LogP contribution is -2.41. The lowest BCUT2D eigenvalue weighted by Gasteiger charge is -2.23. The molecule has 0 spiro atoms. The monoisotopic (exact) mass is 271 g/mol. The summed E-state index contributed by atoms with van der Waals surface area (Å²) in [4.78, 5) is 28.8. The Bertz CT molecular complexity index is 721. The second kappa shape index (κ2) is 5.07. The molecular weight excluding hydrogens is 254 g/mol. The van der Waals surface area contributed by atoms with Crippen molar-refractivity contribution < 1.29 is 4.79 Å². The Kier molecular flexibility index (Phi) is 3.26. The molecule has 2 aromatic rings. The second-order valence-electron chi connectivity index (χ2n) is 5.11. The summed E-state index contributed by atoms with van der Waals surface area (Å²) < 4.78 is 1.47. The molecule has 0 saturated carbocycles. The first-order valence-electron chi connectivity index (χ1n) is 6.98. The molecule has 0 aliphatic carbocycles. The smallest absolute Gasteiger partial charge is 0.261 e. The first-order valence-corrected chi connectivity index (χ1v) is 6.98. The second-order valence-corrected chi connectivity index (χ2v) is 5.11. The van der Waals surface area contributed by atoms with Gasteiger partial charge in [-0.05, 0) is 37.0 Å². The number of carbonyl (C=O) groups is 1. The van der Waals surface area contributed by atoms with Crippen LogP contribution in [-0.4, -0.2) is 22.0 Å². The number of hydrogen-bond acceptors (Lipinski definition) is 3. The summed E-state index contributed by atoms with van der Waals surface area (Å²) in [7, 11) is 0. The van der Waals surface area contributed by atoms with Crippen molar-refractivity contribution >= 4 is 16.8 Å². The highest BCUT2D eigenvalue weighted by Gasteiger charge is 2.25. The third-order valence-corrected chi connectivity index (χ3v) is 3.85. The Morgan fingerprint density at radius 3 is 3.00 bits per heavy atom. The van der Waals surface area contributed by atoms with Crippen molar-refractivity contribution in [3.8, 4) is 0 Å². The van der Waals surface area contributed by atoms with Crippen LogP contribution in [0.5, 0.6) is 0 Å². The summed E-state index contributed by atoms with van der Waals surface area (Å²) in [5, 5.41) is 3.39. The number of nitrogens with zero attached hydrogens (tertiary/aromatic N) is 2. The predicted octanol–water partition coefficient (Wildman–Crippen LogP) is 1.41. The van der Waals surface area contributed by atoms with Gasteiger partial charge in [-0.1, -0.05) is 13.0 Å². The molecule has 20 heavy (non-hydrogen) atoms. The van der Waals surface area contributed by atoms with Crippen molar-refractivity contribution in [1.29, 1.82) is 0 Å². The summed E-state index contributed by atoms with van der Waals surface area (Å²) >= 11 is 0. The zero-order chi connectivity index (χ0) is 14.1. The maximum Gasteiger partial charge on any atom is 0.261 e. The van der Waals surface area contributed by atoms with Crippen molar-refractivity contribution in [1.82, 2.24) is 14.9 Å². The minimum Gasteiger partial charge on any atom is -0.354 e. The number of piperidine rings is 1.